The van der Waals surface area contributed by atoms with Crippen molar-refractivity contribution >= 4 is 11.9 Å². The Morgan fingerprint density at radius 2 is 0.912 bits per heavy atom. The SMILES string of the molecule is CCc1ccc(C(=O)OC2CCC([C@H]3CC[C@H](OC(=O)c4ccc(CC)cc4)CC3)CC2)cc1. The van der Waals surface area contributed by atoms with Crippen LogP contribution in [0.1, 0.15) is 97.1 Å². The van der Waals surface area contributed by atoms with Gasteiger partial charge in [0.25, 0.3) is 0 Å². The van der Waals surface area contributed by atoms with Gasteiger partial charge >= 0.3 is 11.9 Å². The first-order chi connectivity index (χ1) is 16.6. The standard InChI is InChI=1S/C30H38O4/c1-3-21-5-9-25(10-6-21)29(31)33-27-17-13-23(14-18-27)24-15-19-28(20-16-24)34-30(32)26-11-7-22(4-2)8-12-26/h5-12,23-24,27-28H,3-4,13-20H2,1-2H3/t23-,24?,27-,28?. The summed E-state index contributed by atoms with van der Waals surface area (Å²) in [6.07, 6.45) is 10.3. The zero-order valence-corrected chi connectivity index (χ0v) is 20.6. The van der Waals surface area contributed by atoms with E-state index in [0.29, 0.717) is 23.0 Å². The molecule has 34 heavy (non-hydrogen) atoms. The molecule has 2 aromatic rings. The second kappa shape index (κ2) is 11.7. The van der Waals surface area contributed by atoms with Gasteiger partial charge in [-0.15, -0.1) is 0 Å². The monoisotopic (exact) mass is 462 g/mol. The van der Waals surface area contributed by atoms with E-state index in [9.17, 15) is 9.59 Å². The molecule has 4 heteroatoms. The Morgan fingerprint density at radius 3 is 1.21 bits per heavy atom. The lowest BCUT2D eigenvalue weighted by atomic mass is 9.72. The summed E-state index contributed by atoms with van der Waals surface area (Å²) in [5.74, 6) is 0.990. The maximum Gasteiger partial charge on any atom is 0.338 e. The number of benzene rings is 2. The number of esters is 2. The fraction of sp³-hybridized carbons (Fsp3) is 0.533. The summed E-state index contributed by atoms with van der Waals surface area (Å²) in [6.45, 7) is 4.22. The summed E-state index contributed by atoms with van der Waals surface area (Å²) in [7, 11) is 0. The summed E-state index contributed by atoms with van der Waals surface area (Å²) in [4.78, 5) is 25.0. The van der Waals surface area contributed by atoms with E-state index in [4.69, 9.17) is 9.47 Å². The molecular formula is C30H38O4. The molecule has 0 heterocycles. The molecule has 2 aliphatic rings. The van der Waals surface area contributed by atoms with Crippen LogP contribution in [0.15, 0.2) is 48.5 Å². The second-order valence-corrected chi connectivity index (χ2v) is 9.99. The van der Waals surface area contributed by atoms with Gasteiger partial charge in [0, 0.05) is 0 Å². The number of rotatable bonds is 7. The van der Waals surface area contributed by atoms with Gasteiger partial charge in [0.15, 0.2) is 0 Å². The third-order valence-electron chi connectivity index (χ3n) is 7.85. The van der Waals surface area contributed by atoms with Crippen molar-refractivity contribution in [1.29, 1.82) is 0 Å². The van der Waals surface area contributed by atoms with E-state index in [1.54, 1.807) is 0 Å². The molecule has 4 nitrogen and oxygen atoms in total. The van der Waals surface area contributed by atoms with Crippen molar-refractivity contribution in [3.8, 4) is 0 Å². The van der Waals surface area contributed by atoms with Gasteiger partial charge in [-0.2, -0.15) is 0 Å². The number of carbonyl (C=O) groups excluding carboxylic acids is 2. The molecule has 182 valence electrons. The van der Waals surface area contributed by atoms with Crippen molar-refractivity contribution in [3.63, 3.8) is 0 Å². The normalized spacial score (nSPS) is 24.9. The largest absolute Gasteiger partial charge is 0.459 e. The van der Waals surface area contributed by atoms with Crippen LogP contribution >= 0.6 is 0 Å². The lowest BCUT2D eigenvalue weighted by molar-refractivity contribution is -0.000150. The van der Waals surface area contributed by atoms with Gasteiger partial charge in [0.1, 0.15) is 12.2 Å². The summed E-state index contributed by atoms with van der Waals surface area (Å²) in [5, 5.41) is 0. The first kappa shape index (κ1) is 24.5. The summed E-state index contributed by atoms with van der Waals surface area (Å²) in [6, 6.07) is 15.5. The van der Waals surface area contributed by atoms with Gasteiger partial charge in [0.2, 0.25) is 0 Å². The molecular weight excluding hydrogens is 424 g/mol. The quantitative estimate of drug-likeness (QED) is 0.418. The van der Waals surface area contributed by atoms with Gasteiger partial charge < -0.3 is 9.47 Å². The molecule has 0 radical (unpaired) electrons. The van der Waals surface area contributed by atoms with E-state index in [0.717, 1.165) is 64.2 Å². The molecule has 0 N–H and O–H groups in total. The maximum atomic E-state index is 12.5. The van der Waals surface area contributed by atoms with E-state index >= 15 is 0 Å². The average Bonchev–Trinajstić information content (AvgIpc) is 2.89. The van der Waals surface area contributed by atoms with E-state index in [-0.39, 0.29) is 24.1 Å². The Hall–Kier alpha value is -2.62. The summed E-state index contributed by atoms with van der Waals surface area (Å²) < 4.78 is 11.6. The fourth-order valence-corrected chi connectivity index (χ4v) is 5.55. The summed E-state index contributed by atoms with van der Waals surface area (Å²) in [5.41, 5.74) is 3.75. The van der Waals surface area contributed by atoms with E-state index in [1.807, 2.05) is 48.5 Å². The zero-order chi connectivity index (χ0) is 23.9. The van der Waals surface area contributed by atoms with Gasteiger partial charge in [0.05, 0.1) is 11.1 Å². The number of aryl methyl sites for hydroxylation is 2. The minimum Gasteiger partial charge on any atom is -0.459 e. The third-order valence-corrected chi connectivity index (χ3v) is 7.85. The Labute approximate surface area is 204 Å². The van der Waals surface area contributed by atoms with Crippen molar-refractivity contribution in [2.45, 2.75) is 90.3 Å². The lowest BCUT2D eigenvalue weighted by Crippen LogP contribution is -2.32. The Bertz CT molecular complexity index is 851. The van der Waals surface area contributed by atoms with Crippen LogP contribution in [-0.4, -0.2) is 24.1 Å². The Morgan fingerprint density at radius 1 is 0.588 bits per heavy atom. The molecule has 0 saturated heterocycles. The lowest BCUT2D eigenvalue weighted by Gasteiger charge is -2.37. The fourth-order valence-electron chi connectivity index (χ4n) is 5.55. The van der Waals surface area contributed by atoms with E-state index < -0.39 is 0 Å². The molecule has 0 aromatic heterocycles. The van der Waals surface area contributed by atoms with E-state index in [2.05, 4.69) is 13.8 Å². The van der Waals surface area contributed by atoms with Crippen molar-refractivity contribution in [2.75, 3.05) is 0 Å². The molecule has 2 fully saturated rings. The van der Waals surface area contributed by atoms with Gasteiger partial charge in [-0.3, -0.25) is 0 Å². The zero-order valence-electron chi connectivity index (χ0n) is 20.6. The third kappa shape index (κ3) is 6.28. The van der Waals surface area contributed by atoms with Crippen molar-refractivity contribution in [1.82, 2.24) is 0 Å². The molecule has 4 rings (SSSR count). The van der Waals surface area contributed by atoms with Crippen LogP contribution in [-0.2, 0) is 22.3 Å². The molecule has 2 aromatic carbocycles. The second-order valence-electron chi connectivity index (χ2n) is 9.99. The molecule has 0 bridgehead atoms. The van der Waals surface area contributed by atoms with Crippen molar-refractivity contribution < 1.29 is 19.1 Å². The van der Waals surface area contributed by atoms with Crippen LogP contribution in [0.25, 0.3) is 0 Å². The maximum absolute atomic E-state index is 12.5. The first-order valence-electron chi connectivity index (χ1n) is 13.2. The molecule has 2 saturated carbocycles. The van der Waals surface area contributed by atoms with Crippen LogP contribution in [0.2, 0.25) is 0 Å². The highest BCUT2D eigenvalue weighted by molar-refractivity contribution is 5.90. The molecule has 0 aliphatic heterocycles. The van der Waals surface area contributed by atoms with Crippen molar-refractivity contribution in [3.05, 3.63) is 70.8 Å². The van der Waals surface area contributed by atoms with Crippen LogP contribution < -0.4 is 0 Å². The number of hydrogen-bond donors (Lipinski definition) is 0. The Balaban J connectivity index is 1.17. The van der Waals surface area contributed by atoms with Gasteiger partial charge in [-0.05, 0) is 111 Å². The number of carbonyl (C=O) groups is 2. The average molecular weight is 463 g/mol. The van der Waals surface area contributed by atoms with Crippen LogP contribution in [0.4, 0.5) is 0 Å². The highest BCUT2D eigenvalue weighted by atomic mass is 16.5. The Kier molecular flexibility index (Phi) is 8.42. The molecule has 0 atom stereocenters. The molecule has 0 unspecified atom stereocenters. The molecule has 2 aliphatic carbocycles. The van der Waals surface area contributed by atoms with Gasteiger partial charge in [-0.1, -0.05) is 38.1 Å². The first-order valence-corrected chi connectivity index (χ1v) is 13.2. The molecule has 0 amide bonds. The number of hydrogen-bond acceptors (Lipinski definition) is 4. The summed E-state index contributed by atoms with van der Waals surface area (Å²) >= 11 is 0. The highest BCUT2D eigenvalue weighted by Crippen LogP contribution is 2.39. The van der Waals surface area contributed by atoms with Gasteiger partial charge in [-0.25, -0.2) is 9.59 Å². The minimum atomic E-state index is -0.197. The predicted molar refractivity (Wildman–Crippen MR) is 134 cm³/mol. The highest BCUT2D eigenvalue weighted by Gasteiger charge is 2.33. The predicted octanol–water partition coefficient (Wildman–Crippen LogP) is 6.94. The topological polar surface area (TPSA) is 52.6 Å². The van der Waals surface area contributed by atoms with Crippen LogP contribution in [0, 0.1) is 11.8 Å². The molecule has 0 spiro atoms. The van der Waals surface area contributed by atoms with Crippen molar-refractivity contribution in [2.24, 2.45) is 11.8 Å². The van der Waals surface area contributed by atoms with Crippen LogP contribution in [0.3, 0.4) is 0 Å². The minimum absolute atomic E-state index is 0.0333. The number of ether oxygens (including phenoxy) is 2. The van der Waals surface area contributed by atoms with Crippen LogP contribution in [0.5, 0.6) is 0 Å². The van der Waals surface area contributed by atoms with E-state index in [1.165, 1.54) is 11.1 Å². The smallest absolute Gasteiger partial charge is 0.338 e.